The van der Waals surface area contributed by atoms with Gasteiger partial charge in [0.1, 0.15) is 11.6 Å². The summed E-state index contributed by atoms with van der Waals surface area (Å²) in [5.41, 5.74) is -0.773. The van der Waals surface area contributed by atoms with Gasteiger partial charge in [-0.15, -0.1) is 0 Å². The summed E-state index contributed by atoms with van der Waals surface area (Å²) in [6, 6.07) is -1.04. The zero-order valence-corrected chi connectivity index (χ0v) is 13.3. The Morgan fingerprint density at radius 2 is 1.81 bits per heavy atom. The molecule has 9 heteroatoms. The number of carboxylic acids is 1. The molecule has 8 nitrogen and oxygen atoms in total. The lowest BCUT2D eigenvalue weighted by Crippen LogP contribution is -2.54. The number of likely N-dealkylation sites (tertiary alicyclic amines) is 1. The van der Waals surface area contributed by atoms with E-state index in [0.717, 1.165) is 11.2 Å². The molecular weight excluding hydrogens is 302 g/mol. The van der Waals surface area contributed by atoms with E-state index >= 15 is 0 Å². The molecule has 122 valence electrons. The number of nitrogens with zero attached hydrogens (tertiary/aromatic N) is 1. The van der Waals surface area contributed by atoms with Crippen LogP contribution in [0.2, 0.25) is 0 Å². The number of rotatable bonds is 3. The van der Waals surface area contributed by atoms with Gasteiger partial charge in [0, 0.05) is 0 Å². The van der Waals surface area contributed by atoms with Gasteiger partial charge < -0.3 is 9.84 Å². The Kier molecular flexibility index (Phi) is 5.21. The average Bonchev–Trinajstić information content (AvgIpc) is 2.23. The predicted octanol–water partition coefficient (Wildman–Crippen LogP) is 0.815. The highest BCUT2D eigenvalue weighted by Gasteiger charge is 2.39. The molecule has 1 aliphatic rings. The molecule has 1 rings (SSSR count). The van der Waals surface area contributed by atoms with E-state index in [0.29, 0.717) is 0 Å². The summed E-state index contributed by atoms with van der Waals surface area (Å²) in [7, 11) is -3.67. The van der Waals surface area contributed by atoms with Crippen LogP contribution in [0.15, 0.2) is 0 Å². The van der Waals surface area contributed by atoms with Crippen molar-refractivity contribution in [3.8, 4) is 0 Å². The van der Waals surface area contributed by atoms with Crippen molar-refractivity contribution < 1.29 is 32.0 Å². The zero-order chi connectivity index (χ0) is 16.4. The molecule has 2 unspecified atom stereocenters. The number of amides is 1. The number of carboxylic acid groups (broad SMARTS) is 1. The molecule has 0 saturated carbocycles. The van der Waals surface area contributed by atoms with Gasteiger partial charge in [-0.3, -0.25) is 9.08 Å². The fourth-order valence-corrected chi connectivity index (χ4v) is 2.69. The molecule has 2 atom stereocenters. The van der Waals surface area contributed by atoms with Gasteiger partial charge in [0.15, 0.2) is 0 Å². The average molecular weight is 323 g/mol. The van der Waals surface area contributed by atoms with Crippen molar-refractivity contribution in [2.45, 2.75) is 51.4 Å². The summed E-state index contributed by atoms with van der Waals surface area (Å²) >= 11 is 0. The third-order valence-electron chi connectivity index (χ3n) is 2.76. The highest BCUT2D eigenvalue weighted by molar-refractivity contribution is 7.86. The van der Waals surface area contributed by atoms with Crippen molar-refractivity contribution in [2.75, 3.05) is 12.8 Å². The number of carbonyl (C=O) groups is 2. The van der Waals surface area contributed by atoms with Gasteiger partial charge in [-0.2, -0.15) is 8.42 Å². The monoisotopic (exact) mass is 323 g/mol. The maximum Gasteiger partial charge on any atom is 0.411 e. The van der Waals surface area contributed by atoms with Crippen molar-refractivity contribution in [3.05, 3.63) is 0 Å². The second-order valence-electron chi connectivity index (χ2n) is 5.99. The van der Waals surface area contributed by atoms with Crippen molar-refractivity contribution in [3.63, 3.8) is 0 Å². The molecule has 1 aliphatic heterocycles. The van der Waals surface area contributed by atoms with Crippen LogP contribution in [0.3, 0.4) is 0 Å². The van der Waals surface area contributed by atoms with Crippen molar-refractivity contribution in [1.82, 2.24) is 4.90 Å². The maximum absolute atomic E-state index is 12.1. The number of piperidine rings is 1. The molecule has 1 N–H and O–H groups in total. The molecule has 0 radical (unpaired) electrons. The molecule has 0 bridgehead atoms. The Bertz CT molecular complexity index is 508. The molecule has 0 spiro atoms. The second kappa shape index (κ2) is 6.18. The lowest BCUT2D eigenvalue weighted by atomic mass is 10.0. The molecule has 1 amide bonds. The minimum absolute atomic E-state index is 0.106. The van der Waals surface area contributed by atoms with Crippen LogP contribution < -0.4 is 0 Å². The Morgan fingerprint density at radius 3 is 2.24 bits per heavy atom. The zero-order valence-electron chi connectivity index (χ0n) is 12.5. The summed E-state index contributed by atoms with van der Waals surface area (Å²) in [4.78, 5) is 24.3. The summed E-state index contributed by atoms with van der Waals surface area (Å²) in [5.74, 6) is -1.15. The SMILES string of the molecule is CC(C)(C)OC(=O)N1CC(OS(C)(=O)=O)CCC1C(=O)O. The Hall–Kier alpha value is -1.35. The minimum Gasteiger partial charge on any atom is -0.480 e. The van der Waals surface area contributed by atoms with Gasteiger partial charge >= 0.3 is 12.1 Å². The van der Waals surface area contributed by atoms with E-state index in [4.69, 9.17) is 14.0 Å². The van der Waals surface area contributed by atoms with E-state index in [9.17, 15) is 18.0 Å². The summed E-state index contributed by atoms with van der Waals surface area (Å²) in [6.07, 6.45) is -0.300. The first kappa shape index (κ1) is 17.7. The summed E-state index contributed by atoms with van der Waals surface area (Å²) in [5, 5.41) is 9.17. The Balaban J connectivity index is 2.86. The van der Waals surface area contributed by atoms with Gasteiger partial charge in [0.05, 0.1) is 18.9 Å². The first-order chi connectivity index (χ1) is 9.39. The van der Waals surface area contributed by atoms with Crippen LogP contribution in [0, 0.1) is 0 Å². The van der Waals surface area contributed by atoms with E-state index in [1.165, 1.54) is 0 Å². The minimum atomic E-state index is -3.67. The van der Waals surface area contributed by atoms with Gasteiger partial charge in [-0.25, -0.2) is 9.59 Å². The predicted molar refractivity (Wildman–Crippen MR) is 73.3 cm³/mol. The Labute approximate surface area is 124 Å². The number of aliphatic carboxylic acids is 1. The highest BCUT2D eigenvalue weighted by atomic mass is 32.2. The number of hydrogen-bond donors (Lipinski definition) is 1. The van der Waals surface area contributed by atoms with Crippen LogP contribution in [0.1, 0.15) is 33.6 Å². The van der Waals surface area contributed by atoms with Crippen molar-refractivity contribution >= 4 is 22.2 Å². The first-order valence-electron chi connectivity index (χ1n) is 6.50. The number of carbonyl (C=O) groups excluding carboxylic acids is 1. The molecule has 21 heavy (non-hydrogen) atoms. The lowest BCUT2D eigenvalue weighted by Gasteiger charge is -2.37. The van der Waals surface area contributed by atoms with Crippen LogP contribution in [0.4, 0.5) is 4.79 Å². The molecule has 1 heterocycles. The van der Waals surface area contributed by atoms with Crippen LogP contribution in [0.5, 0.6) is 0 Å². The standard InChI is InChI=1S/C12H21NO7S/c1-12(2,3)19-11(16)13-7-8(20-21(4,17)18)5-6-9(13)10(14)15/h8-9H,5-7H2,1-4H3,(H,14,15). The van der Waals surface area contributed by atoms with Crippen LogP contribution in [0.25, 0.3) is 0 Å². The number of ether oxygens (including phenoxy) is 1. The number of hydrogen-bond acceptors (Lipinski definition) is 6. The van der Waals surface area contributed by atoms with E-state index in [2.05, 4.69) is 0 Å². The fraction of sp³-hybridized carbons (Fsp3) is 0.833. The molecule has 0 aromatic carbocycles. The molecule has 1 saturated heterocycles. The highest BCUT2D eigenvalue weighted by Crippen LogP contribution is 2.23. The van der Waals surface area contributed by atoms with Crippen LogP contribution >= 0.6 is 0 Å². The van der Waals surface area contributed by atoms with E-state index in [1.54, 1.807) is 20.8 Å². The molecular formula is C12H21NO7S. The lowest BCUT2D eigenvalue weighted by molar-refractivity contribution is -0.145. The van der Waals surface area contributed by atoms with Gasteiger partial charge in [0.2, 0.25) is 0 Å². The second-order valence-corrected chi connectivity index (χ2v) is 7.59. The fourth-order valence-electron chi connectivity index (χ4n) is 2.04. The van der Waals surface area contributed by atoms with Crippen LogP contribution in [-0.4, -0.2) is 61.0 Å². The first-order valence-corrected chi connectivity index (χ1v) is 8.31. The smallest absolute Gasteiger partial charge is 0.411 e. The Morgan fingerprint density at radius 1 is 1.24 bits per heavy atom. The van der Waals surface area contributed by atoms with Gasteiger partial charge in [-0.05, 0) is 33.6 Å². The van der Waals surface area contributed by atoms with E-state index in [-0.39, 0.29) is 19.4 Å². The third kappa shape index (κ3) is 5.88. The maximum atomic E-state index is 12.1. The summed E-state index contributed by atoms with van der Waals surface area (Å²) < 4.78 is 32.3. The largest absolute Gasteiger partial charge is 0.480 e. The van der Waals surface area contributed by atoms with Gasteiger partial charge in [0.25, 0.3) is 10.1 Å². The molecule has 0 aliphatic carbocycles. The topological polar surface area (TPSA) is 110 Å². The third-order valence-corrected chi connectivity index (χ3v) is 3.38. The molecule has 1 fully saturated rings. The summed E-state index contributed by atoms with van der Waals surface area (Å²) in [6.45, 7) is 4.85. The van der Waals surface area contributed by atoms with Crippen molar-refractivity contribution in [1.29, 1.82) is 0 Å². The molecule has 0 aromatic heterocycles. The van der Waals surface area contributed by atoms with Gasteiger partial charge in [-0.1, -0.05) is 0 Å². The van der Waals surface area contributed by atoms with Crippen LogP contribution in [-0.2, 0) is 23.8 Å². The van der Waals surface area contributed by atoms with Crippen molar-refractivity contribution in [2.24, 2.45) is 0 Å². The molecule has 0 aromatic rings. The van der Waals surface area contributed by atoms with E-state index in [1.807, 2.05) is 0 Å². The quantitative estimate of drug-likeness (QED) is 0.765. The van der Waals surface area contributed by atoms with E-state index < -0.39 is 39.9 Å². The normalized spacial score (nSPS) is 23.7.